The Morgan fingerprint density at radius 2 is 1.88 bits per heavy atom. The number of likely N-dealkylation sites (N-methyl/N-ethyl adjacent to an activating group) is 1. The van der Waals surface area contributed by atoms with Gasteiger partial charge in [-0.3, -0.25) is 0 Å². The molecule has 0 bridgehead atoms. The fourth-order valence-electron chi connectivity index (χ4n) is 2.48. The first kappa shape index (κ1) is 13.9. The number of rotatable bonds is 4. The van der Waals surface area contributed by atoms with Gasteiger partial charge in [-0.25, -0.2) is 0 Å². The zero-order chi connectivity index (χ0) is 12.4. The van der Waals surface area contributed by atoms with Gasteiger partial charge in [-0.05, 0) is 53.9 Å². The van der Waals surface area contributed by atoms with E-state index in [9.17, 15) is 5.11 Å². The molecule has 0 saturated carbocycles. The summed E-state index contributed by atoms with van der Waals surface area (Å²) in [5.41, 5.74) is 5.67. The van der Waals surface area contributed by atoms with Crippen LogP contribution in [0.4, 0.5) is 0 Å². The summed E-state index contributed by atoms with van der Waals surface area (Å²) < 4.78 is 0. The van der Waals surface area contributed by atoms with E-state index in [4.69, 9.17) is 5.73 Å². The van der Waals surface area contributed by atoms with E-state index in [0.717, 1.165) is 32.5 Å². The normalized spacial score (nSPS) is 22.7. The Morgan fingerprint density at radius 3 is 2.31 bits per heavy atom. The van der Waals surface area contributed by atoms with Crippen molar-refractivity contribution in [2.75, 3.05) is 40.3 Å². The Kier molecular flexibility index (Phi) is 4.35. The van der Waals surface area contributed by atoms with Crippen LogP contribution in [0, 0.1) is 0 Å². The molecule has 1 rings (SSSR count). The number of aliphatic hydroxyl groups is 1. The maximum atomic E-state index is 9.75. The lowest BCUT2D eigenvalue weighted by atomic mass is 9.88. The SMILES string of the molecule is CN1CCC(N)(CN(C)CC(C)(C)O)CC1. The summed E-state index contributed by atoms with van der Waals surface area (Å²) in [7, 11) is 4.17. The zero-order valence-corrected chi connectivity index (χ0v) is 11.2. The van der Waals surface area contributed by atoms with E-state index >= 15 is 0 Å². The summed E-state index contributed by atoms with van der Waals surface area (Å²) in [5, 5.41) is 9.75. The van der Waals surface area contributed by atoms with E-state index in [-0.39, 0.29) is 5.54 Å². The lowest BCUT2D eigenvalue weighted by molar-refractivity contribution is 0.0330. The highest BCUT2D eigenvalue weighted by molar-refractivity contribution is 4.92. The van der Waals surface area contributed by atoms with Gasteiger partial charge < -0.3 is 20.6 Å². The predicted octanol–water partition coefficient (Wildman–Crippen LogP) is 0.112. The summed E-state index contributed by atoms with van der Waals surface area (Å²) in [6, 6.07) is 0. The van der Waals surface area contributed by atoms with Crippen molar-refractivity contribution in [1.82, 2.24) is 9.80 Å². The van der Waals surface area contributed by atoms with Gasteiger partial charge in [0.15, 0.2) is 0 Å². The molecule has 0 unspecified atom stereocenters. The molecule has 0 atom stereocenters. The summed E-state index contributed by atoms with van der Waals surface area (Å²) in [6.07, 6.45) is 2.08. The monoisotopic (exact) mass is 229 g/mol. The third-order valence-electron chi connectivity index (χ3n) is 3.22. The van der Waals surface area contributed by atoms with Gasteiger partial charge in [0.25, 0.3) is 0 Å². The molecule has 0 radical (unpaired) electrons. The van der Waals surface area contributed by atoms with Crippen molar-refractivity contribution in [1.29, 1.82) is 0 Å². The molecule has 1 saturated heterocycles. The van der Waals surface area contributed by atoms with Gasteiger partial charge in [-0.2, -0.15) is 0 Å². The Morgan fingerprint density at radius 1 is 1.38 bits per heavy atom. The Hall–Kier alpha value is -0.160. The van der Waals surface area contributed by atoms with Crippen LogP contribution >= 0.6 is 0 Å². The van der Waals surface area contributed by atoms with Crippen molar-refractivity contribution >= 4 is 0 Å². The molecule has 0 aromatic heterocycles. The number of likely N-dealkylation sites (tertiary alicyclic amines) is 1. The second-order valence-corrected chi connectivity index (χ2v) is 6.15. The first-order chi connectivity index (χ1) is 7.20. The Balaban J connectivity index is 2.41. The molecular weight excluding hydrogens is 202 g/mol. The van der Waals surface area contributed by atoms with E-state index in [0.29, 0.717) is 6.54 Å². The van der Waals surface area contributed by atoms with Crippen molar-refractivity contribution in [3.63, 3.8) is 0 Å². The molecule has 0 aromatic rings. The molecule has 1 heterocycles. The average molecular weight is 229 g/mol. The van der Waals surface area contributed by atoms with Crippen LogP contribution in [0.15, 0.2) is 0 Å². The van der Waals surface area contributed by atoms with E-state index in [1.807, 2.05) is 20.9 Å². The van der Waals surface area contributed by atoms with E-state index in [1.165, 1.54) is 0 Å². The van der Waals surface area contributed by atoms with Gasteiger partial charge >= 0.3 is 0 Å². The van der Waals surface area contributed by atoms with Crippen molar-refractivity contribution in [3.05, 3.63) is 0 Å². The van der Waals surface area contributed by atoms with Crippen molar-refractivity contribution in [2.24, 2.45) is 5.73 Å². The number of nitrogens with zero attached hydrogens (tertiary/aromatic N) is 2. The largest absolute Gasteiger partial charge is 0.389 e. The van der Waals surface area contributed by atoms with Crippen molar-refractivity contribution in [3.8, 4) is 0 Å². The van der Waals surface area contributed by atoms with Crippen LogP contribution in [0.1, 0.15) is 26.7 Å². The van der Waals surface area contributed by atoms with Gasteiger partial charge in [0.05, 0.1) is 5.60 Å². The van der Waals surface area contributed by atoms with Crippen LogP contribution in [0.25, 0.3) is 0 Å². The molecule has 1 aliphatic rings. The Bertz CT molecular complexity index is 217. The van der Waals surface area contributed by atoms with Crippen LogP contribution < -0.4 is 5.73 Å². The lowest BCUT2D eigenvalue weighted by Crippen LogP contribution is -2.56. The summed E-state index contributed by atoms with van der Waals surface area (Å²) in [5.74, 6) is 0. The maximum absolute atomic E-state index is 9.75. The minimum Gasteiger partial charge on any atom is -0.389 e. The van der Waals surface area contributed by atoms with E-state index < -0.39 is 5.60 Å². The van der Waals surface area contributed by atoms with Gasteiger partial charge in [-0.15, -0.1) is 0 Å². The average Bonchev–Trinajstić information content (AvgIpc) is 2.07. The predicted molar refractivity (Wildman–Crippen MR) is 67.4 cm³/mol. The summed E-state index contributed by atoms with van der Waals surface area (Å²) >= 11 is 0. The highest BCUT2D eigenvalue weighted by Gasteiger charge is 2.31. The van der Waals surface area contributed by atoms with Gasteiger partial charge in [0.2, 0.25) is 0 Å². The smallest absolute Gasteiger partial charge is 0.0718 e. The van der Waals surface area contributed by atoms with Crippen LogP contribution in [0.2, 0.25) is 0 Å². The molecule has 0 aliphatic carbocycles. The topological polar surface area (TPSA) is 52.7 Å². The number of hydrogen-bond acceptors (Lipinski definition) is 4. The molecule has 96 valence electrons. The first-order valence-corrected chi connectivity index (χ1v) is 6.09. The third kappa shape index (κ3) is 4.78. The van der Waals surface area contributed by atoms with Crippen LogP contribution in [-0.4, -0.2) is 66.3 Å². The van der Waals surface area contributed by atoms with Gasteiger partial charge in [0.1, 0.15) is 0 Å². The number of nitrogens with two attached hydrogens (primary N) is 1. The lowest BCUT2D eigenvalue weighted by Gasteiger charge is -2.41. The highest BCUT2D eigenvalue weighted by atomic mass is 16.3. The molecule has 16 heavy (non-hydrogen) atoms. The minimum absolute atomic E-state index is 0.0769. The van der Waals surface area contributed by atoms with Crippen LogP contribution in [0.3, 0.4) is 0 Å². The van der Waals surface area contributed by atoms with Gasteiger partial charge in [0, 0.05) is 18.6 Å². The molecular formula is C12H27N3O. The second-order valence-electron chi connectivity index (χ2n) is 6.15. The quantitative estimate of drug-likeness (QED) is 0.718. The molecule has 4 nitrogen and oxygen atoms in total. The van der Waals surface area contributed by atoms with E-state index in [1.54, 1.807) is 0 Å². The second kappa shape index (κ2) is 5.00. The van der Waals surface area contributed by atoms with Crippen molar-refractivity contribution in [2.45, 2.75) is 37.8 Å². The molecule has 0 amide bonds. The van der Waals surface area contributed by atoms with Crippen LogP contribution in [0.5, 0.6) is 0 Å². The fraction of sp³-hybridized carbons (Fsp3) is 1.00. The molecule has 3 N–H and O–H groups in total. The molecule has 4 heteroatoms. The molecule has 0 spiro atoms. The molecule has 1 fully saturated rings. The standard InChI is InChI=1S/C12H27N3O/c1-11(2,16)9-15(4)10-12(13)5-7-14(3)8-6-12/h16H,5-10,13H2,1-4H3. The first-order valence-electron chi connectivity index (χ1n) is 6.09. The maximum Gasteiger partial charge on any atom is 0.0718 e. The minimum atomic E-state index is -0.642. The third-order valence-corrected chi connectivity index (χ3v) is 3.22. The summed E-state index contributed by atoms with van der Waals surface area (Å²) in [6.45, 7) is 7.36. The molecule has 0 aromatic carbocycles. The fourth-order valence-corrected chi connectivity index (χ4v) is 2.48. The number of piperidine rings is 1. The Labute approximate surface area is 99.4 Å². The van der Waals surface area contributed by atoms with Gasteiger partial charge in [-0.1, -0.05) is 0 Å². The van der Waals surface area contributed by atoms with Crippen molar-refractivity contribution < 1.29 is 5.11 Å². The highest BCUT2D eigenvalue weighted by Crippen LogP contribution is 2.20. The zero-order valence-electron chi connectivity index (χ0n) is 11.2. The van der Waals surface area contributed by atoms with E-state index in [2.05, 4.69) is 16.8 Å². The summed E-state index contributed by atoms with van der Waals surface area (Å²) in [4.78, 5) is 4.46. The molecule has 1 aliphatic heterocycles. The number of hydrogen-bond donors (Lipinski definition) is 2. The van der Waals surface area contributed by atoms with Crippen LogP contribution in [-0.2, 0) is 0 Å².